The Labute approximate surface area is 132 Å². The molecule has 0 amide bonds. The molecule has 1 aromatic carbocycles. The highest BCUT2D eigenvalue weighted by Crippen LogP contribution is 2.21. The fourth-order valence-corrected chi connectivity index (χ4v) is 3.73. The van der Waals surface area contributed by atoms with Gasteiger partial charge in [0.05, 0.1) is 17.1 Å². The lowest BCUT2D eigenvalue weighted by Crippen LogP contribution is -2.23. The van der Waals surface area contributed by atoms with Gasteiger partial charge in [-0.1, -0.05) is 18.2 Å². The number of nitrogens with one attached hydrogen (secondary N) is 1. The molecule has 5 nitrogen and oxygen atoms in total. The van der Waals surface area contributed by atoms with Gasteiger partial charge in [-0.25, -0.2) is 18.1 Å². The summed E-state index contributed by atoms with van der Waals surface area (Å²) in [6.07, 6.45) is 3.40. The van der Waals surface area contributed by atoms with E-state index in [9.17, 15) is 8.42 Å². The van der Waals surface area contributed by atoms with Crippen molar-refractivity contribution < 1.29 is 8.42 Å². The number of hydrogen-bond donors (Lipinski definition) is 1. The van der Waals surface area contributed by atoms with Crippen LogP contribution in [0.5, 0.6) is 0 Å². The molecule has 0 unspecified atom stereocenters. The van der Waals surface area contributed by atoms with Crippen molar-refractivity contribution in [3.8, 4) is 11.3 Å². The van der Waals surface area contributed by atoms with Crippen LogP contribution in [0.4, 0.5) is 0 Å². The summed E-state index contributed by atoms with van der Waals surface area (Å²) < 4.78 is 26.8. The van der Waals surface area contributed by atoms with Crippen LogP contribution in [-0.4, -0.2) is 18.4 Å². The standard InChI is InChI=1S/C15H13N3O2S2/c19-22(20,13-4-2-1-3-5-13)17-10-15-18-14(11-21-15)12-6-8-16-9-7-12/h1-9,11,17H,10H2. The Balaban J connectivity index is 1.72. The lowest BCUT2D eigenvalue weighted by atomic mass is 10.2. The van der Waals surface area contributed by atoms with Crippen LogP contribution in [0.2, 0.25) is 0 Å². The van der Waals surface area contributed by atoms with Crippen molar-refractivity contribution in [3.05, 3.63) is 65.2 Å². The summed E-state index contributed by atoms with van der Waals surface area (Å²) in [5, 5.41) is 2.62. The number of sulfonamides is 1. The van der Waals surface area contributed by atoms with Crippen LogP contribution in [0.15, 0.2) is 65.1 Å². The normalized spacial score (nSPS) is 11.5. The molecule has 2 aromatic heterocycles. The van der Waals surface area contributed by atoms with Crippen molar-refractivity contribution in [3.63, 3.8) is 0 Å². The quantitative estimate of drug-likeness (QED) is 0.780. The molecule has 0 radical (unpaired) electrons. The molecule has 2 heterocycles. The first-order chi connectivity index (χ1) is 10.6. The van der Waals surface area contributed by atoms with E-state index in [4.69, 9.17) is 0 Å². The number of thiazole rings is 1. The van der Waals surface area contributed by atoms with Gasteiger partial charge in [0.2, 0.25) is 10.0 Å². The van der Waals surface area contributed by atoms with Crippen molar-refractivity contribution >= 4 is 21.4 Å². The molecule has 0 aliphatic carbocycles. The van der Waals surface area contributed by atoms with Crippen LogP contribution in [0.25, 0.3) is 11.3 Å². The number of hydrogen-bond acceptors (Lipinski definition) is 5. The molecule has 112 valence electrons. The van der Waals surface area contributed by atoms with E-state index in [0.717, 1.165) is 11.3 Å². The Bertz CT molecular complexity index is 847. The van der Waals surface area contributed by atoms with Crippen molar-refractivity contribution in [2.24, 2.45) is 0 Å². The lowest BCUT2D eigenvalue weighted by molar-refractivity contribution is 0.581. The third-order valence-electron chi connectivity index (χ3n) is 2.99. The third kappa shape index (κ3) is 3.38. The number of aromatic nitrogens is 2. The summed E-state index contributed by atoms with van der Waals surface area (Å²) in [7, 11) is -3.51. The van der Waals surface area contributed by atoms with E-state index in [1.807, 2.05) is 17.5 Å². The Morgan fingerprint density at radius 3 is 2.50 bits per heavy atom. The molecule has 0 aliphatic rings. The lowest BCUT2D eigenvalue weighted by Gasteiger charge is -2.04. The maximum Gasteiger partial charge on any atom is 0.240 e. The first kappa shape index (κ1) is 14.8. The van der Waals surface area contributed by atoms with Crippen molar-refractivity contribution in [2.75, 3.05) is 0 Å². The molecule has 0 saturated carbocycles. The zero-order chi connectivity index (χ0) is 15.4. The smallest absolute Gasteiger partial charge is 0.240 e. The molecule has 0 spiro atoms. The topological polar surface area (TPSA) is 72.0 Å². The second kappa shape index (κ2) is 6.35. The maximum absolute atomic E-state index is 12.1. The number of benzene rings is 1. The average Bonchev–Trinajstić information content (AvgIpc) is 3.04. The fraction of sp³-hybridized carbons (Fsp3) is 0.0667. The van der Waals surface area contributed by atoms with Gasteiger partial charge in [-0.15, -0.1) is 11.3 Å². The van der Waals surface area contributed by atoms with E-state index in [1.165, 1.54) is 11.3 Å². The van der Waals surface area contributed by atoms with Gasteiger partial charge in [-0.2, -0.15) is 0 Å². The highest BCUT2D eigenvalue weighted by atomic mass is 32.2. The summed E-state index contributed by atoms with van der Waals surface area (Å²) in [4.78, 5) is 8.66. The fourth-order valence-electron chi connectivity index (χ4n) is 1.89. The molecular weight excluding hydrogens is 318 g/mol. The highest BCUT2D eigenvalue weighted by Gasteiger charge is 2.14. The first-order valence-corrected chi connectivity index (χ1v) is 8.91. The summed E-state index contributed by atoms with van der Waals surface area (Å²) in [5.74, 6) is 0. The second-order valence-corrected chi connectivity index (χ2v) is 7.21. The summed E-state index contributed by atoms with van der Waals surface area (Å²) in [5.41, 5.74) is 1.78. The third-order valence-corrected chi connectivity index (χ3v) is 5.26. The van der Waals surface area contributed by atoms with Crippen LogP contribution in [0, 0.1) is 0 Å². The van der Waals surface area contributed by atoms with Crippen LogP contribution < -0.4 is 4.72 Å². The molecule has 1 N–H and O–H groups in total. The van der Waals surface area contributed by atoms with Crippen LogP contribution in [0.1, 0.15) is 5.01 Å². The SMILES string of the molecule is O=S(=O)(NCc1nc(-c2ccncc2)cs1)c1ccccc1. The number of nitrogens with zero attached hydrogens (tertiary/aromatic N) is 2. The van der Waals surface area contributed by atoms with Crippen LogP contribution in [0.3, 0.4) is 0 Å². The molecule has 3 rings (SSSR count). The van der Waals surface area contributed by atoms with Crippen molar-refractivity contribution in [1.82, 2.24) is 14.7 Å². The highest BCUT2D eigenvalue weighted by molar-refractivity contribution is 7.89. The van der Waals surface area contributed by atoms with Gasteiger partial charge in [0, 0.05) is 23.3 Å². The van der Waals surface area contributed by atoms with E-state index in [1.54, 1.807) is 42.7 Å². The van der Waals surface area contributed by atoms with Gasteiger partial charge < -0.3 is 0 Å². The Kier molecular flexibility index (Phi) is 4.28. The number of rotatable bonds is 5. The maximum atomic E-state index is 12.1. The molecule has 0 bridgehead atoms. The minimum atomic E-state index is -3.51. The second-order valence-electron chi connectivity index (χ2n) is 4.50. The minimum Gasteiger partial charge on any atom is -0.265 e. The van der Waals surface area contributed by atoms with Gasteiger partial charge in [0.25, 0.3) is 0 Å². The van der Waals surface area contributed by atoms with E-state index < -0.39 is 10.0 Å². The van der Waals surface area contributed by atoms with Crippen molar-refractivity contribution in [2.45, 2.75) is 11.4 Å². The molecule has 7 heteroatoms. The zero-order valence-corrected chi connectivity index (χ0v) is 13.1. The van der Waals surface area contributed by atoms with Gasteiger partial charge in [-0.3, -0.25) is 4.98 Å². The van der Waals surface area contributed by atoms with E-state index >= 15 is 0 Å². The Morgan fingerprint density at radius 1 is 1.05 bits per heavy atom. The first-order valence-electron chi connectivity index (χ1n) is 6.55. The van der Waals surface area contributed by atoms with Gasteiger partial charge in [-0.05, 0) is 24.3 Å². The van der Waals surface area contributed by atoms with Gasteiger partial charge in [0.1, 0.15) is 5.01 Å². The van der Waals surface area contributed by atoms with Crippen LogP contribution >= 0.6 is 11.3 Å². The molecule has 3 aromatic rings. The number of pyridine rings is 1. The largest absolute Gasteiger partial charge is 0.265 e. The van der Waals surface area contributed by atoms with E-state index in [0.29, 0.717) is 5.01 Å². The van der Waals surface area contributed by atoms with E-state index in [2.05, 4.69) is 14.7 Å². The summed E-state index contributed by atoms with van der Waals surface area (Å²) >= 11 is 1.42. The molecule has 0 atom stereocenters. The predicted octanol–water partition coefficient (Wildman–Crippen LogP) is 2.68. The molecule has 0 saturated heterocycles. The van der Waals surface area contributed by atoms with Gasteiger partial charge >= 0.3 is 0 Å². The van der Waals surface area contributed by atoms with Gasteiger partial charge in [0.15, 0.2) is 0 Å². The average molecular weight is 331 g/mol. The Hall–Kier alpha value is -2.09. The minimum absolute atomic E-state index is 0.174. The molecule has 22 heavy (non-hydrogen) atoms. The summed E-state index contributed by atoms with van der Waals surface area (Å²) in [6, 6.07) is 12.0. The van der Waals surface area contributed by atoms with E-state index in [-0.39, 0.29) is 11.4 Å². The zero-order valence-electron chi connectivity index (χ0n) is 11.5. The molecule has 0 aliphatic heterocycles. The monoisotopic (exact) mass is 331 g/mol. The van der Waals surface area contributed by atoms with Crippen molar-refractivity contribution in [1.29, 1.82) is 0 Å². The Morgan fingerprint density at radius 2 is 1.77 bits per heavy atom. The summed E-state index contributed by atoms with van der Waals surface area (Å²) in [6.45, 7) is 0.174. The van der Waals surface area contributed by atoms with Crippen LogP contribution in [-0.2, 0) is 16.6 Å². The molecular formula is C15H13N3O2S2. The molecule has 0 fully saturated rings. The predicted molar refractivity (Wildman–Crippen MR) is 85.8 cm³/mol.